The van der Waals surface area contributed by atoms with Gasteiger partial charge in [-0.25, -0.2) is 8.78 Å². The summed E-state index contributed by atoms with van der Waals surface area (Å²) in [4.78, 5) is 15.2. The van der Waals surface area contributed by atoms with E-state index >= 15 is 0 Å². The molecule has 0 aliphatic rings. The predicted molar refractivity (Wildman–Crippen MR) is 112 cm³/mol. The molecule has 2 aromatic carbocycles. The summed E-state index contributed by atoms with van der Waals surface area (Å²) >= 11 is 0. The summed E-state index contributed by atoms with van der Waals surface area (Å²) in [6.07, 6.45) is 5.10. The second kappa shape index (κ2) is 9.74. The van der Waals surface area contributed by atoms with Crippen LogP contribution in [0.2, 0.25) is 0 Å². The molecule has 0 fully saturated rings. The molecule has 0 aliphatic carbocycles. The molecule has 0 saturated carbocycles. The van der Waals surface area contributed by atoms with Crippen LogP contribution in [-0.4, -0.2) is 12.0 Å². The second-order valence-electron chi connectivity index (χ2n) is 6.48. The Balaban J connectivity index is 2.26. The van der Waals surface area contributed by atoms with E-state index in [0.717, 1.165) is 24.1 Å². The molecular weight excluding hydrogens is 358 g/mol. The largest absolute Gasteiger partial charge is 0.354 e. The third kappa shape index (κ3) is 5.22. The van der Waals surface area contributed by atoms with Crippen LogP contribution in [0.25, 0.3) is 5.57 Å². The molecule has 2 rings (SSSR count). The molecule has 0 atom stereocenters. The zero-order valence-corrected chi connectivity index (χ0v) is 16.5. The lowest BCUT2D eigenvalue weighted by atomic mass is 10.1. The van der Waals surface area contributed by atoms with Crippen molar-refractivity contribution >= 4 is 23.3 Å². The van der Waals surface area contributed by atoms with Crippen molar-refractivity contribution < 1.29 is 13.6 Å². The molecule has 146 valence electrons. The van der Waals surface area contributed by atoms with Crippen molar-refractivity contribution in [2.75, 3.05) is 5.32 Å². The SMILES string of the molecule is CC/C=C(Nc1ccc(C=O)cc1)/C(C)=N/C=C(\C)c1ccc(C)c(F)c1F. The number of aryl methyl sites for hydroxylation is 1. The average molecular weight is 382 g/mol. The summed E-state index contributed by atoms with van der Waals surface area (Å²) in [6, 6.07) is 10.2. The molecule has 0 amide bonds. The number of carbonyl (C=O) groups is 1. The van der Waals surface area contributed by atoms with E-state index in [2.05, 4.69) is 10.3 Å². The standard InChI is InChI=1S/C23H24F2N2O/c1-5-6-21(27-19-10-8-18(14-28)9-11-19)17(4)26-13-16(3)20-12-7-15(2)22(24)23(20)25/h6-14,27H,5H2,1-4H3/b16-13+,21-6-,26-17+. The Bertz CT molecular complexity index is 942. The fourth-order valence-electron chi connectivity index (χ4n) is 2.58. The molecule has 28 heavy (non-hydrogen) atoms. The number of aliphatic imine (C=N–C) groups is 1. The number of carbonyl (C=O) groups excluding carboxylic acids is 1. The van der Waals surface area contributed by atoms with E-state index in [9.17, 15) is 13.6 Å². The van der Waals surface area contributed by atoms with Gasteiger partial charge < -0.3 is 5.32 Å². The number of nitrogens with zero attached hydrogens (tertiary/aromatic N) is 1. The molecule has 0 aliphatic heterocycles. The Labute approximate surface area is 164 Å². The number of rotatable bonds is 7. The quantitative estimate of drug-likeness (QED) is 0.450. The van der Waals surface area contributed by atoms with Crippen molar-refractivity contribution in [2.24, 2.45) is 4.99 Å². The van der Waals surface area contributed by atoms with Gasteiger partial charge in [-0.1, -0.05) is 25.1 Å². The molecule has 0 radical (unpaired) electrons. The van der Waals surface area contributed by atoms with Crippen molar-refractivity contribution in [2.45, 2.75) is 34.1 Å². The third-order valence-electron chi connectivity index (χ3n) is 4.28. The van der Waals surface area contributed by atoms with Gasteiger partial charge in [0.25, 0.3) is 0 Å². The van der Waals surface area contributed by atoms with E-state index in [1.54, 1.807) is 31.2 Å². The minimum atomic E-state index is -0.862. The highest BCUT2D eigenvalue weighted by molar-refractivity contribution is 6.01. The van der Waals surface area contributed by atoms with Gasteiger partial charge in [0, 0.05) is 23.0 Å². The van der Waals surface area contributed by atoms with Crippen LogP contribution in [0.5, 0.6) is 0 Å². The van der Waals surface area contributed by atoms with Gasteiger partial charge in [-0.3, -0.25) is 9.79 Å². The lowest BCUT2D eigenvalue weighted by Gasteiger charge is -2.11. The normalized spacial score (nSPS) is 12.9. The lowest BCUT2D eigenvalue weighted by Crippen LogP contribution is -2.08. The Morgan fingerprint density at radius 2 is 1.75 bits per heavy atom. The van der Waals surface area contributed by atoms with Crippen molar-refractivity contribution in [3.05, 3.63) is 82.7 Å². The summed E-state index contributed by atoms with van der Waals surface area (Å²) in [5, 5.41) is 3.27. The predicted octanol–water partition coefficient (Wildman–Crippen LogP) is 6.31. The number of allylic oxidation sites excluding steroid dienone is 3. The zero-order valence-electron chi connectivity index (χ0n) is 16.5. The minimum Gasteiger partial charge on any atom is -0.354 e. The van der Waals surface area contributed by atoms with E-state index in [1.807, 2.05) is 32.1 Å². The van der Waals surface area contributed by atoms with Crippen LogP contribution in [0.3, 0.4) is 0 Å². The number of hydrogen-bond acceptors (Lipinski definition) is 3. The van der Waals surface area contributed by atoms with Gasteiger partial charge in [-0.05, 0) is 62.6 Å². The number of nitrogens with one attached hydrogen (secondary N) is 1. The number of halogens is 2. The van der Waals surface area contributed by atoms with Gasteiger partial charge in [0.05, 0.1) is 11.4 Å². The molecule has 1 N–H and O–H groups in total. The van der Waals surface area contributed by atoms with E-state index in [4.69, 9.17) is 0 Å². The van der Waals surface area contributed by atoms with Crippen molar-refractivity contribution in [1.29, 1.82) is 0 Å². The molecule has 0 unspecified atom stereocenters. The number of benzene rings is 2. The number of hydrogen-bond donors (Lipinski definition) is 1. The molecule has 0 bridgehead atoms. The van der Waals surface area contributed by atoms with Crippen molar-refractivity contribution in [3.63, 3.8) is 0 Å². The fourth-order valence-corrected chi connectivity index (χ4v) is 2.58. The van der Waals surface area contributed by atoms with E-state index < -0.39 is 11.6 Å². The second-order valence-corrected chi connectivity index (χ2v) is 6.48. The first-order valence-corrected chi connectivity index (χ1v) is 9.06. The van der Waals surface area contributed by atoms with Gasteiger partial charge in [0.2, 0.25) is 0 Å². The van der Waals surface area contributed by atoms with E-state index in [1.165, 1.54) is 13.1 Å². The maximum absolute atomic E-state index is 14.2. The van der Waals surface area contributed by atoms with Crippen LogP contribution >= 0.6 is 0 Å². The monoisotopic (exact) mass is 382 g/mol. The van der Waals surface area contributed by atoms with Crippen molar-refractivity contribution in [3.8, 4) is 0 Å². The summed E-state index contributed by atoms with van der Waals surface area (Å²) in [5.74, 6) is -1.70. The summed E-state index contributed by atoms with van der Waals surface area (Å²) in [7, 11) is 0. The smallest absolute Gasteiger partial charge is 0.166 e. The highest BCUT2D eigenvalue weighted by atomic mass is 19.2. The zero-order chi connectivity index (χ0) is 20.7. The molecule has 0 saturated heterocycles. The van der Waals surface area contributed by atoms with Gasteiger partial charge in [-0.2, -0.15) is 0 Å². The number of aldehydes is 1. The third-order valence-corrected chi connectivity index (χ3v) is 4.28. The van der Waals surface area contributed by atoms with Gasteiger partial charge in [-0.15, -0.1) is 0 Å². The summed E-state index contributed by atoms with van der Waals surface area (Å²) in [5.41, 5.74) is 3.93. The van der Waals surface area contributed by atoms with Crippen LogP contribution < -0.4 is 5.32 Å². The minimum absolute atomic E-state index is 0.193. The summed E-state index contributed by atoms with van der Waals surface area (Å²) < 4.78 is 27.9. The Kier molecular flexibility index (Phi) is 7.38. The lowest BCUT2D eigenvalue weighted by molar-refractivity contribution is 0.112. The average Bonchev–Trinajstić information content (AvgIpc) is 2.70. The van der Waals surface area contributed by atoms with Crippen LogP contribution in [0.15, 0.2) is 59.4 Å². The fraction of sp³-hybridized carbons (Fsp3) is 0.217. The Morgan fingerprint density at radius 3 is 2.36 bits per heavy atom. The molecule has 5 heteroatoms. The molecule has 2 aromatic rings. The topological polar surface area (TPSA) is 41.5 Å². The summed E-state index contributed by atoms with van der Waals surface area (Å²) in [6.45, 7) is 7.07. The van der Waals surface area contributed by atoms with Gasteiger partial charge in [0.15, 0.2) is 11.6 Å². The molecule has 0 heterocycles. The Hall–Kier alpha value is -3.08. The first-order chi connectivity index (χ1) is 13.4. The van der Waals surface area contributed by atoms with Crippen LogP contribution in [0, 0.1) is 18.6 Å². The highest BCUT2D eigenvalue weighted by Crippen LogP contribution is 2.22. The molecular formula is C23H24F2N2O. The van der Waals surface area contributed by atoms with Crippen molar-refractivity contribution in [1.82, 2.24) is 0 Å². The van der Waals surface area contributed by atoms with E-state index in [0.29, 0.717) is 16.8 Å². The van der Waals surface area contributed by atoms with E-state index in [-0.39, 0.29) is 11.1 Å². The van der Waals surface area contributed by atoms with Gasteiger partial charge >= 0.3 is 0 Å². The van der Waals surface area contributed by atoms with Crippen LogP contribution in [-0.2, 0) is 0 Å². The first-order valence-electron chi connectivity index (χ1n) is 9.06. The number of anilines is 1. The van der Waals surface area contributed by atoms with Gasteiger partial charge in [0.1, 0.15) is 6.29 Å². The first kappa shape index (κ1) is 21.2. The highest BCUT2D eigenvalue weighted by Gasteiger charge is 2.12. The maximum atomic E-state index is 14.2. The van der Waals surface area contributed by atoms with Crippen LogP contribution in [0.1, 0.15) is 48.7 Å². The molecule has 0 spiro atoms. The van der Waals surface area contributed by atoms with Crippen LogP contribution in [0.4, 0.5) is 14.5 Å². The molecule has 3 nitrogen and oxygen atoms in total. The Morgan fingerprint density at radius 1 is 1.07 bits per heavy atom. The molecule has 0 aromatic heterocycles. The maximum Gasteiger partial charge on any atom is 0.166 e.